The van der Waals surface area contributed by atoms with Gasteiger partial charge in [-0.05, 0) is 19.4 Å². The van der Waals surface area contributed by atoms with Crippen molar-refractivity contribution in [1.29, 1.82) is 0 Å². The van der Waals surface area contributed by atoms with Crippen molar-refractivity contribution >= 4 is 16.9 Å². The van der Waals surface area contributed by atoms with Crippen molar-refractivity contribution < 1.29 is 0 Å². The lowest BCUT2D eigenvalue weighted by Gasteiger charge is -2.19. The number of hydrogen-bond donors (Lipinski definition) is 1. The molecule has 4 heteroatoms. The number of rotatable bonds is 5. The van der Waals surface area contributed by atoms with E-state index in [4.69, 9.17) is 0 Å². The predicted molar refractivity (Wildman–Crippen MR) is 63.0 cm³/mol. The Morgan fingerprint density at radius 1 is 1.57 bits per heavy atom. The van der Waals surface area contributed by atoms with Crippen LogP contribution in [0.15, 0.2) is 4.99 Å². The third-order valence-corrected chi connectivity index (χ3v) is 3.66. The van der Waals surface area contributed by atoms with Crippen molar-refractivity contribution in [3.05, 3.63) is 0 Å². The van der Waals surface area contributed by atoms with Gasteiger partial charge in [-0.2, -0.15) is 0 Å². The zero-order chi connectivity index (χ0) is 9.80. The van der Waals surface area contributed by atoms with Crippen molar-refractivity contribution in [2.75, 3.05) is 31.9 Å². The van der Waals surface area contributed by atoms with Gasteiger partial charge in [0.2, 0.25) is 0 Å². The number of likely N-dealkylation sites (N-methyl/N-ethyl adjacent to an activating group) is 1. The largest absolute Gasteiger partial charge is 0.364 e. The number of nitrogens with one attached hydrogen (secondary N) is 1. The number of hydrogen-bond acceptors (Lipinski definition) is 4. The summed E-state index contributed by atoms with van der Waals surface area (Å²) in [5.74, 6) is 1.16. The van der Waals surface area contributed by atoms with Gasteiger partial charge in [-0.15, -0.1) is 0 Å². The molecular weight excluding hydrogens is 194 g/mol. The zero-order valence-electron chi connectivity index (χ0n) is 8.83. The topological polar surface area (TPSA) is 27.6 Å². The molecule has 3 nitrogen and oxygen atoms in total. The highest BCUT2D eigenvalue weighted by atomic mass is 32.2. The smallest absolute Gasteiger partial charge is 0.156 e. The molecule has 2 aliphatic rings. The highest BCUT2D eigenvalue weighted by Gasteiger charge is 2.27. The molecule has 0 aromatic heterocycles. The standard InChI is InChI=1S/C10H19N3S/c1-2-13(9-3-4-9)7-5-11-10-12-6-8-14-10/h9H,2-8H2,1H3,(H,11,12). The van der Waals surface area contributed by atoms with Crippen LogP contribution in [0.1, 0.15) is 19.8 Å². The zero-order valence-corrected chi connectivity index (χ0v) is 9.65. The number of thioether (sulfide) groups is 1. The van der Waals surface area contributed by atoms with E-state index in [1.54, 1.807) is 0 Å². The lowest BCUT2D eigenvalue weighted by molar-refractivity contribution is 0.282. The van der Waals surface area contributed by atoms with E-state index in [1.165, 1.54) is 25.9 Å². The van der Waals surface area contributed by atoms with E-state index in [1.807, 2.05) is 11.8 Å². The fourth-order valence-electron chi connectivity index (χ4n) is 1.79. The first-order valence-corrected chi connectivity index (χ1v) is 6.54. The number of amidine groups is 1. The second-order valence-electron chi connectivity index (χ2n) is 3.82. The minimum atomic E-state index is 0.889. The Bertz CT molecular complexity index is 213. The number of nitrogens with zero attached hydrogens (tertiary/aromatic N) is 2. The Balaban J connectivity index is 1.60. The fraction of sp³-hybridized carbons (Fsp3) is 0.900. The Morgan fingerprint density at radius 2 is 2.43 bits per heavy atom. The van der Waals surface area contributed by atoms with E-state index in [0.29, 0.717) is 0 Å². The Kier molecular flexibility index (Phi) is 3.70. The second kappa shape index (κ2) is 5.03. The Morgan fingerprint density at radius 3 is 3.00 bits per heavy atom. The summed E-state index contributed by atoms with van der Waals surface area (Å²) in [6, 6.07) is 0.889. The summed E-state index contributed by atoms with van der Waals surface area (Å²) in [6.07, 6.45) is 2.81. The molecule has 0 saturated heterocycles. The van der Waals surface area contributed by atoms with Crippen molar-refractivity contribution in [1.82, 2.24) is 10.2 Å². The Labute approximate surface area is 90.3 Å². The summed E-state index contributed by atoms with van der Waals surface area (Å²) in [7, 11) is 0. The molecule has 0 aromatic rings. The molecule has 0 atom stereocenters. The van der Waals surface area contributed by atoms with E-state index >= 15 is 0 Å². The third kappa shape index (κ3) is 2.89. The average molecular weight is 213 g/mol. The molecule has 2 rings (SSSR count). The summed E-state index contributed by atoms with van der Waals surface area (Å²) >= 11 is 1.85. The minimum absolute atomic E-state index is 0.889. The summed E-state index contributed by atoms with van der Waals surface area (Å²) in [6.45, 7) is 6.65. The molecule has 0 aromatic carbocycles. The molecule has 14 heavy (non-hydrogen) atoms. The summed E-state index contributed by atoms with van der Waals surface area (Å²) < 4.78 is 0. The molecule has 0 unspecified atom stereocenters. The van der Waals surface area contributed by atoms with Crippen LogP contribution in [-0.2, 0) is 0 Å². The normalized spacial score (nSPS) is 21.4. The first-order valence-electron chi connectivity index (χ1n) is 5.55. The highest BCUT2D eigenvalue weighted by Crippen LogP contribution is 2.25. The van der Waals surface area contributed by atoms with Crippen LogP contribution in [0.3, 0.4) is 0 Å². The van der Waals surface area contributed by atoms with Crippen LogP contribution >= 0.6 is 11.8 Å². The van der Waals surface area contributed by atoms with Gasteiger partial charge in [-0.25, -0.2) is 0 Å². The third-order valence-electron chi connectivity index (χ3n) is 2.73. The first-order chi connectivity index (χ1) is 6.90. The molecule has 1 aliphatic carbocycles. The maximum absolute atomic E-state index is 4.37. The molecule has 0 radical (unpaired) electrons. The fourth-order valence-corrected chi connectivity index (χ4v) is 2.55. The maximum atomic E-state index is 4.37. The van der Waals surface area contributed by atoms with Gasteiger partial charge in [0.25, 0.3) is 0 Å². The van der Waals surface area contributed by atoms with Crippen LogP contribution in [0, 0.1) is 0 Å². The predicted octanol–water partition coefficient (Wildman–Crippen LogP) is 1.16. The van der Waals surface area contributed by atoms with Crippen LogP contribution in [0.4, 0.5) is 0 Å². The quantitative estimate of drug-likeness (QED) is 0.743. The molecule has 1 saturated carbocycles. The van der Waals surface area contributed by atoms with E-state index in [0.717, 1.165) is 30.1 Å². The average Bonchev–Trinajstić information content (AvgIpc) is 2.91. The van der Waals surface area contributed by atoms with Crippen molar-refractivity contribution in [3.8, 4) is 0 Å². The van der Waals surface area contributed by atoms with Gasteiger partial charge < -0.3 is 5.32 Å². The van der Waals surface area contributed by atoms with Gasteiger partial charge in [0, 0.05) is 24.9 Å². The minimum Gasteiger partial charge on any atom is -0.364 e. The molecule has 1 aliphatic heterocycles. The molecule has 80 valence electrons. The monoisotopic (exact) mass is 213 g/mol. The maximum Gasteiger partial charge on any atom is 0.156 e. The van der Waals surface area contributed by atoms with E-state index in [9.17, 15) is 0 Å². The van der Waals surface area contributed by atoms with Crippen molar-refractivity contribution in [2.24, 2.45) is 4.99 Å². The molecule has 1 N–H and O–H groups in total. The Hall–Kier alpha value is -0.220. The molecule has 0 spiro atoms. The molecule has 0 bridgehead atoms. The van der Waals surface area contributed by atoms with E-state index < -0.39 is 0 Å². The van der Waals surface area contributed by atoms with Crippen LogP contribution in [-0.4, -0.2) is 48.0 Å². The second-order valence-corrected chi connectivity index (χ2v) is 4.91. The molecule has 1 heterocycles. The number of aliphatic imine (C=N–C) groups is 1. The van der Waals surface area contributed by atoms with E-state index in [-0.39, 0.29) is 0 Å². The highest BCUT2D eigenvalue weighted by molar-refractivity contribution is 8.14. The molecule has 1 fully saturated rings. The lowest BCUT2D eigenvalue weighted by Crippen LogP contribution is -2.34. The SMILES string of the molecule is CCN(CCNC1=NCCS1)C1CC1. The van der Waals surface area contributed by atoms with Gasteiger partial charge >= 0.3 is 0 Å². The van der Waals surface area contributed by atoms with Gasteiger partial charge in [0.1, 0.15) is 0 Å². The molecular formula is C10H19N3S. The van der Waals surface area contributed by atoms with Crippen molar-refractivity contribution in [2.45, 2.75) is 25.8 Å². The summed E-state index contributed by atoms with van der Waals surface area (Å²) in [4.78, 5) is 6.93. The first kappa shape index (κ1) is 10.3. The van der Waals surface area contributed by atoms with Gasteiger partial charge in [0.15, 0.2) is 5.17 Å². The molecule has 0 amide bonds. The summed E-state index contributed by atoms with van der Waals surface area (Å²) in [5, 5.41) is 4.55. The van der Waals surface area contributed by atoms with Crippen LogP contribution < -0.4 is 5.32 Å². The van der Waals surface area contributed by atoms with Crippen LogP contribution in [0.25, 0.3) is 0 Å². The van der Waals surface area contributed by atoms with Gasteiger partial charge in [0.05, 0.1) is 6.54 Å². The van der Waals surface area contributed by atoms with Gasteiger partial charge in [-0.1, -0.05) is 18.7 Å². The lowest BCUT2D eigenvalue weighted by atomic mass is 10.4. The van der Waals surface area contributed by atoms with E-state index in [2.05, 4.69) is 22.1 Å². The van der Waals surface area contributed by atoms with Crippen molar-refractivity contribution in [3.63, 3.8) is 0 Å². The van der Waals surface area contributed by atoms with Crippen LogP contribution in [0.2, 0.25) is 0 Å². The summed E-state index contributed by atoms with van der Waals surface area (Å²) in [5.41, 5.74) is 0. The van der Waals surface area contributed by atoms with Crippen LogP contribution in [0.5, 0.6) is 0 Å². The van der Waals surface area contributed by atoms with Gasteiger partial charge in [-0.3, -0.25) is 9.89 Å².